The minimum atomic E-state index is -0.264. The van der Waals surface area contributed by atoms with Gasteiger partial charge in [0.25, 0.3) is 5.91 Å². The predicted molar refractivity (Wildman–Crippen MR) is 79.8 cm³/mol. The van der Waals surface area contributed by atoms with Crippen molar-refractivity contribution >= 4 is 34.8 Å². The molecule has 2 aromatic heterocycles. The van der Waals surface area contributed by atoms with Crippen molar-refractivity contribution < 1.29 is 4.79 Å². The molecule has 0 spiro atoms. The Hall–Kier alpha value is -1.72. The second kappa shape index (κ2) is 5.34. The molecular weight excluding hydrogens is 301 g/mol. The van der Waals surface area contributed by atoms with Gasteiger partial charge in [-0.25, -0.2) is 0 Å². The van der Waals surface area contributed by atoms with Crippen LogP contribution in [-0.4, -0.2) is 22.1 Å². The number of aromatic nitrogens is 2. The predicted octanol–water partition coefficient (Wildman–Crippen LogP) is 2.31. The molecule has 0 unspecified atom stereocenters. The van der Waals surface area contributed by atoms with Crippen LogP contribution in [0.4, 0.5) is 5.69 Å². The minimum Gasteiger partial charge on any atom is -0.329 e. The summed E-state index contributed by atoms with van der Waals surface area (Å²) < 4.78 is 2.93. The van der Waals surface area contributed by atoms with E-state index in [9.17, 15) is 9.59 Å². The maximum atomic E-state index is 12.4. The molecule has 0 fully saturated rings. The number of halogens is 2. The van der Waals surface area contributed by atoms with E-state index >= 15 is 0 Å². The highest BCUT2D eigenvalue weighted by molar-refractivity contribution is 6.42. The van der Waals surface area contributed by atoms with E-state index in [0.29, 0.717) is 21.6 Å². The molecule has 5 nitrogen and oxygen atoms in total. The number of carbonyl (C=O) groups is 1. The van der Waals surface area contributed by atoms with Gasteiger partial charge >= 0.3 is 0 Å². The van der Waals surface area contributed by atoms with Crippen LogP contribution in [0.25, 0.3) is 0 Å². The molecule has 0 N–H and O–H groups in total. The Morgan fingerprint density at radius 3 is 2.40 bits per heavy atom. The Balaban J connectivity index is 2.39. The van der Waals surface area contributed by atoms with Gasteiger partial charge in [-0.15, -0.1) is 0 Å². The molecule has 0 aliphatic carbocycles. The van der Waals surface area contributed by atoms with Gasteiger partial charge in [0.05, 0.1) is 10.7 Å². The summed E-state index contributed by atoms with van der Waals surface area (Å²) in [5.74, 6) is -0.264. The third kappa shape index (κ3) is 2.46. The number of nitrogens with zero attached hydrogens (tertiary/aromatic N) is 3. The van der Waals surface area contributed by atoms with Gasteiger partial charge in [-0.2, -0.15) is 0 Å². The lowest BCUT2D eigenvalue weighted by atomic mass is 10.3. The molecule has 0 aliphatic rings. The maximum absolute atomic E-state index is 12.4. The van der Waals surface area contributed by atoms with Crippen LogP contribution in [0.1, 0.15) is 10.5 Å². The van der Waals surface area contributed by atoms with Crippen LogP contribution in [0, 0.1) is 0 Å². The summed E-state index contributed by atoms with van der Waals surface area (Å²) in [6, 6.07) is 4.52. The quantitative estimate of drug-likeness (QED) is 0.854. The number of hydrogen-bond donors (Lipinski definition) is 0. The van der Waals surface area contributed by atoms with Gasteiger partial charge in [0, 0.05) is 33.4 Å². The molecule has 0 aromatic carbocycles. The summed E-state index contributed by atoms with van der Waals surface area (Å²) in [5, 5.41) is 0.634. The van der Waals surface area contributed by atoms with E-state index in [-0.39, 0.29) is 11.5 Å². The molecule has 0 saturated carbocycles. The van der Waals surface area contributed by atoms with E-state index < -0.39 is 0 Å². The van der Waals surface area contributed by atoms with E-state index in [4.69, 9.17) is 23.2 Å². The summed E-state index contributed by atoms with van der Waals surface area (Å²) >= 11 is 11.9. The molecule has 2 heterocycles. The molecule has 1 amide bonds. The van der Waals surface area contributed by atoms with E-state index in [2.05, 4.69) is 0 Å². The average Bonchev–Trinajstić information content (AvgIpc) is 2.68. The molecule has 106 valence electrons. The number of rotatable bonds is 2. The molecule has 20 heavy (non-hydrogen) atoms. The summed E-state index contributed by atoms with van der Waals surface area (Å²) in [7, 11) is 4.91. The van der Waals surface area contributed by atoms with E-state index in [1.54, 1.807) is 33.4 Å². The van der Waals surface area contributed by atoms with Crippen molar-refractivity contribution in [3.05, 3.63) is 50.6 Å². The Bertz CT molecular complexity index is 734. The largest absolute Gasteiger partial charge is 0.329 e. The molecule has 0 radical (unpaired) electrons. The fraction of sp³-hybridized carbons (Fsp3) is 0.231. The zero-order valence-electron chi connectivity index (χ0n) is 11.2. The van der Waals surface area contributed by atoms with Gasteiger partial charge in [-0.05, 0) is 12.1 Å². The Morgan fingerprint density at radius 2 is 1.90 bits per heavy atom. The van der Waals surface area contributed by atoms with Gasteiger partial charge in [-0.1, -0.05) is 23.2 Å². The lowest BCUT2D eigenvalue weighted by Gasteiger charge is -2.18. The van der Waals surface area contributed by atoms with E-state index in [1.807, 2.05) is 0 Å². The van der Waals surface area contributed by atoms with Gasteiger partial charge in [0.15, 0.2) is 0 Å². The topological polar surface area (TPSA) is 47.2 Å². The molecule has 0 aliphatic heterocycles. The van der Waals surface area contributed by atoms with Crippen molar-refractivity contribution in [2.24, 2.45) is 14.1 Å². The fourth-order valence-electron chi connectivity index (χ4n) is 1.81. The number of pyridine rings is 1. The normalized spacial score (nSPS) is 10.7. The first kappa shape index (κ1) is 14.7. The van der Waals surface area contributed by atoms with Crippen molar-refractivity contribution in [3.63, 3.8) is 0 Å². The monoisotopic (exact) mass is 313 g/mol. The first-order chi connectivity index (χ1) is 9.32. The number of hydrogen-bond acceptors (Lipinski definition) is 2. The Labute approximate surface area is 125 Å². The molecule has 2 aromatic rings. The van der Waals surface area contributed by atoms with Crippen LogP contribution >= 0.6 is 23.2 Å². The molecule has 0 saturated heterocycles. The van der Waals surface area contributed by atoms with Crippen LogP contribution in [0.15, 0.2) is 29.2 Å². The first-order valence-corrected chi connectivity index (χ1v) is 6.54. The Kier molecular flexibility index (Phi) is 3.92. The third-order valence-corrected chi connectivity index (χ3v) is 3.94. The van der Waals surface area contributed by atoms with Gasteiger partial charge in [0.2, 0.25) is 5.56 Å². The highest BCUT2D eigenvalue weighted by Crippen LogP contribution is 2.26. The van der Waals surface area contributed by atoms with Crippen LogP contribution < -0.4 is 10.5 Å². The fourth-order valence-corrected chi connectivity index (χ4v) is 2.19. The van der Waals surface area contributed by atoms with Gasteiger partial charge in [0.1, 0.15) is 10.8 Å². The van der Waals surface area contributed by atoms with Crippen LogP contribution in [0.2, 0.25) is 10.2 Å². The van der Waals surface area contributed by atoms with Crippen LogP contribution in [-0.2, 0) is 14.1 Å². The van der Waals surface area contributed by atoms with Crippen molar-refractivity contribution in [1.29, 1.82) is 0 Å². The summed E-state index contributed by atoms with van der Waals surface area (Å²) in [6.07, 6.45) is 1.59. The number of aryl methyl sites for hydroxylation is 1. The second-order valence-electron chi connectivity index (χ2n) is 4.43. The summed E-state index contributed by atoms with van der Waals surface area (Å²) in [4.78, 5) is 25.2. The van der Waals surface area contributed by atoms with Gasteiger partial charge < -0.3 is 14.0 Å². The van der Waals surface area contributed by atoms with Crippen molar-refractivity contribution in [2.45, 2.75) is 0 Å². The molecule has 0 bridgehead atoms. The summed E-state index contributed by atoms with van der Waals surface area (Å²) in [5.41, 5.74) is 0.835. The highest BCUT2D eigenvalue weighted by Gasteiger charge is 2.20. The van der Waals surface area contributed by atoms with Crippen LogP contribution in [0.3, 0.4) is 0 Å². The van der Waals surface area contributed by atoms with E-state index in [1.165, 1.54) is 26.2 Å². The number of amides is 1. The van der Waals surface area contributed by atoms with Crippen molar-refractivity contribution in [3.8, 4) is 0 Å². The number of anilines is 1. The lowest BCUT2D eigenvalue weighted by molar-refractivity contribution is 0.0985. The lowest BCUT2D eigenvalue weighted by Crippen LogP contribution is -2.29. The van der Waals surface area contributed by atoms with E-state index in [0.717, 1.165) is 0 Å². The van der Waals surface area contributed by atoms with Gasteiger partial charge in [-0.3, -0.25) is 9.59 Å². The molecule has 7 heteroatoms. The Morgan fingerprint density at radius 1 is 1.25 bits per heavy atom. The first-order valence-electron chi connectivity index (χ1n) is 5.78. The second-order valence-corrected chi connectivity index (χ2v) is 5.19. The highest BCUT2D eigenvalue weighted by atomic mass is 35.5. The molecule has 0 atom stereocenters. The molecular formula is C13H13Cl2N3O2. The standard InChI is InChI=1S/C13H13Cl2N3O2/c1-16-7-8(4-5-11(16)19)17(2)13(20)10-6-9(14)12(15)18(10)3/h4-7H,1-3H3. The SMILES string of the molecule is CN(C(=O)c1cc(Cl)c(Cl)n1C)c1ccc(=O)n(C)c1. The summed E-state index contributed by atoms with van der Waals surface area (Å²) in [6.45, 7) is 0. The maximum Gasteiger partial charge on any atom is 0.274 e. The van der Waals surface area contributed by atoms with Crippen molar-refractivity contribution in [1.82, 2.24) is 9.13 Å². The van der Waals surface area contributed by atoms with Crippen molar-refractivity contribution in [2.75, 3.05) is 11.9 Å². The minimum absolute atomic E-state index is 0.139. The average molecular weight is 314 g/mol. The smallest absolute Gasteiger partial charge is 0.274 e. The third-order valence-electron chi connectivity index (χ3n) is 3.10. The molecule has 2 rings (SSSR count). The zero-order chi connectivity index (χ0) is 15.0. The van der Waals surface area contributed by atoms with Crippen LogP contribution in [0.5, 0.6) is 0 Å². The zero-order valence-corrected chi connectivity index (χ0v) is 12.7. The number of carbonyl (C=O) groups excluding carboxylic acids is 1.